The standard InChI is InChI=1S/C12H20O2S/c1-4-10-5-6-11(15-10)12(13)9(2)7-8-14-3/h5-6,9,12-13H,4,7-8H2,1-3H3. The number of hydrogen-bond acceptors (Lipinski definition) is 3. The molecule has 1 heterocycles. The van der Waals surface area contributed by atoms with Gasteiger partial charge in [0.05, 0.1) is 6.10 Å². The summed E-state index contributed by atoms with van der Waals surface area (Å²) < 4.78 is 5.02. The van der Waals surface area contributed by atoms with E-state index in [2.05, 4.69) is 19.9 Å². The Labute approximate surface area is 95.9 Å². The molecule has 1 rings (SSSR count). The van der Waals surface area contributed by atoms with Gasteiger partial charge >= 0.3 is 0 Å². The molecule has 0 saturated heterocycles. The first-order valence-corrected chi connectivity index (χ1v) is 6.26. The average Bonchev–Trinajstić information content (AvgIpc) is 2.73. The van der Waals surface area contributed by atoms with E-state index in [1.165, 1.54) is 4.88 Å². The van der Waals surface area contributed by atoms with E-state index in [0.29, 0.717) is 6.61 Å². The Hall–Kier alpha value is -0.380. The quantitative estimate of drug-likeness (QED) is 0.811. The normalized spacial score (nSPS) is 15.2. The van der Waals surface area contributed by atoms with Crippen molar-refractivity contribution in [2.24, 2.45) is 5.92 Å². The molecule has 0 spiro atoms. The Bertz CT molecular complexity index is 283. The second-order valence-corrected chi connectivity index (χ2v) is 5.06. The molecule has 0 aliphatic carbocycles. The summed E-state index contributed by atoms with van der Waals surface area (Å²) >= 11 is 1.71. The van der Waals surface area contributed by atoms with Gasteiger partial charge in [-0.05, 0) is 30.9 Å². The van der Waals surface area contributed by atoms with Crippen molar-refractivity contribution in [3.63, 3.8) is 0 Å². The molecule has 2 unspecified atom stereocenters. The largest absolute Gasteiger partial charge is 0.387 e. The van der Waals surface area contributed by atoms with Crippen molar-refractivity contribution in [1.82, 2.24) is 0 Å². The molecule has 0 aliphatic rings. The van der Waals surface area contributed by atoms with Gasteiger partial charge in [-0.1, -0.05) is 13.8 Å². The SMILES string of the molecule is CCc1ccc(C(O)C(C)CCOC)s1. The molecule has 2 atom stereocenters. The Morgan fingerprint density at radius 2 is 2.20 bits per heavy atom. The van der Waals surface area contributed by atoms with E-state index in [1.54, 1.807) is 18.4 Å². The predicted molar refractivity (Wildman–Crippen MR) is 64.3 cm³/mol. The molecule has 0 saturated carbocycles. The third-order valence-corrected chi connectivity index (χ3v) is 3.94. The van der Waals surface area contributed by atoms with Gasteiger partial charge in [0.25, 0.3) is 0 Å². The fourth-order valence-electron chi connectivity index (χ4n) is 1.49. The third kappa shape index (κ3) is 3.59. The molecule has 15 heavy (non-hydrogen) atoms. The lowest BCUT2D eigenvalue weighted by atomic mass is 10.0. The molecule has 0 aliphatic heterocycles. The zero-order valence-electron chi connectivity index (χ0n) is 9.69. The van der Waals surface area contributed by atoms with Crippen LogP contribution in [0.1, 0.15) is 36.1 Å². The van der Waals surface area contributed by atoms with E-state index in [1.807, 2.05) is 6.07 Å². The monoisotopic (exact) mass is 228 g/mol. The first kappa shape index (κ1) is 12.7. The molecule has 0 fully saturated rings. The molecule has 1 aromatic heterocycles. The van der Waals surface area contributed by atoms with E-state index < -0.39 is 0 Å². The van der Waals surface area contributed by atoms with Crippen molar-refractivity contribution in [2.75, 3.05) is 13.7 Å². The van der Waals surface area contributed by atoms with E-state index >= 15 is 0 Å². The van der Waals surface area contributed by atoms with Gasteiger partial charge in [0.2, 0.25) is 0 Å². The number of methoxy groups -OCH3 is 1. The average molecular weight is 228 g/mol. The van der Waals surface area contributed by atoms with Crippen LogP contribution < -0.4 is 0 Å². The summed E-state index contributed by atoms with van der Waals surface area (Å²) in [5.41, 5.74) is 0. The first-order chi connectivity index (χ1) is 7.19. The fraction of sp³-hybridized carbons (Fsp3) is 0.667. The number of hydrogen-bond donors (Lipinski definition) is 1. The second kappa shape index (κ2) is 6.26. The molecule has 3 heteroatoms. The minimum Gasteiger partial charge on any atom is -0.387 e. The lowest BCUT2D eigenvalue weighted by Gasteiger charge is -2.16. The molecular formula is C12H20O2S. The number of ether oxygens (including phenoxy) is 1. The van der Waals surface area contributed by atoms with Gasteiger partial charge in [-0.25, -0.2) is 0 Å². The molecular weight excluding hydrogens is 208 g/mol. The summed E-state index contributed by atoms with van der Waals surface area (Å²) in [6.07, 6.45) is 1.60. The molecule has 86 valence electrons. The molecule has 1 aromatic rings. The van der Waals surface area contributed by atoms with Gasteiger partial charge in [-0.15, -0.1) is 11.3 Å². The van der Waals surface area contributed by atoms with Gasteiger partial charge in [-0.3, -0.25) is 0 Å². The minimum absolute atomic E-state index is 0.258. The fourth-order valence-corrected chi connectivity index (χ4v) is 2.56. The highest BCUT2D eigenvalue weighted by molar-refractivity contribution is 7.12. The zero-order chi connectivity index (χ0) is 11.3. The topological polar surface area (TPSA) is 29.5 Å². The van der Waals surface area contributed by atoms with Crippen molar-refractivity contribution in [3.8, 4) is 0 Å². The maximum atomic E-state index is 10.1. The van der Waals surface area contributed by atoms with Crippen molar-refractivity contribution in [2.45, 2.75) is 32.8 Å². The lowest BCUT2D eigenvalue weighted by molar-refractivity contribution is 0.0912. The highest BCUT2D eigenvalue weighted by atomic mass is 32.1. The first-order valence-electron chi connectivity index (χ1n) is 5.44. The lowest BCUT2D eigenvalue weighted by Crippen LogP contribution is -2.10. The molecule has 1 N–H and O–H groups in total. The van der Waals surface area contributed by atoms with Crippen molar-refractivity contribution in [3.05, 3.63) is 21.9 Å². The summed E-state index contributed by atoms with van der Waals surface area (Å²) in [6, 6.07) is 4.14. The highest BCUT2D eigenvalue weighted by Gasteiger charge is 2.17. The minimum atomic E-state index is -0.342. The zero-order valence-corrected chi connectivity index (χ0v) is 10.5. The smallest absolute Gasteiger partial charge is 0.0908 e. The van der Waals surface area contributed by atoms with Crippen LogP contribution in [0.3, 0.4) is 0 Å². The van der Waals surface area contributed by atoms with Gasteiger partial charge in [0.15, 0.2) is 0 Å². The molecule has 0 amide bonds. The van der Waals surface area contributed by atoms with Crippen LogP contribution >= 0.6 is 11.3 Å². The Balaban J connectivity index is 2.54. The highest BCUT2D eigenvalue weighted by Crippen LogP contribution is 2.30. The van der Waals surface area contributed by atoms with Gasteiger partial charge in [-0.2, -0.15) is 0 Å². The number of aryl methyl sites for hydroxylation is 1. The van der Waals surface area contributed by atoms with Crippen LogP contribution in [-0.2, 0) is 11.2 Å². The second-order valence-electron chi connectivity index (χ2n) is 3.86. The van der Waals surface area contributed by atoms with Crippen LogP contribution in [0.2, 0.25) is 0 Å². The van der Waals surface area contributed by atoms with E-state index in [4.69, 9.17) is 4.74 Å². The molecule has 2 nitrogen and oxygen atoms in total. The van der Waals surface area contributed by atoms with Crippen molar-refractivity contribution >= 4 is 11.3 Å². The predicted octanol–water partition coefficient (Wildman–Crippen LogP) is 3.02. The van der Waals surface area contributed by atoms with Gasteiger partial charge in [0, 0.05) is 23.5 Å². The Kier molecular flexibility index (Phi) is 5.29. The number of aliphatic hydroxyl groups excluding tert-OH is 1. The maximum absolute atomic E-state index is 10.1. The maximum Gasteiger partial charge on any atom is 0.0908 e. The summed E-state index contributed by atoms with van der Waals surface area (Å²) in [5, 5.41) is 10.1. The summed E-state index contributed by atoms with van der Waals surface area (Å²) in [4.78, 5) is 2.42. The van der Waals surface area contributed by atoms with Gasteiger partial charge in [0.1, 0.15) is 0 Å². The third-order valence-electron chi connectivity index (χ3n) is 2.64. The van der Waals surface area contributed by atoms with E-state index in [-0.39, 0.29) is 12.0 Å². The summed E-state index contributed by atoms with van der Waals surface area (Å²) in [6.45, 7) is 4.91. The number of aliphatic hydroxyl groups is 1. The van der Waals surface area contributed by atoms with Crippen LogP contribution in [0.4, 0.5) is 0 Å². The number of rotatable bonds is 6. The molecule has 0 aromatic carbocycles. The van der Waals surface area contributed by atoms with Crippen LogP contribution in [-0.4, -0.2) is 18.8 Å². The molecule has 0 radical (unpaired) electrons. The van der Waals surface area contributed by atoms with Crippen LogP contribution in [0.5, 0.6) is 0 Å². The van der Waals surface area contributed by atoms with Crippen molar-refractivity contribution in [1.29, 1.82) is 0 Å². The summed E-state index contributed by atoms with van der Waals surface area (Å²) in [5.74, 6) is 0.258. The van der Waals surface area contributed by atoms with E-state index in [9.17, 15) is 5.11 Å². The van der Waals surface area contributed by atoms with E-state index in [0.717, 1.165) is 17.7 Å². The Morgan fingerprint density at radius 3 is 2.73 bits per heavy atom. The Morgan fingerprint density at radius 1 is 1.47 bits per heavy atom. The molecule has 0 bridgehead atoms. The van der Waals surface area contributed by atoms with Crippen molar-refractivity contribution < 1.29 is 9.84 Å². The van der Waals surface area contributed by atoms with Gasteiger partial charge < -0.3 is 9.84 Å². The summed E-state index contributed by atoms with van der Waals surface area (Å²) in [7, 11) is 1.69. The van der Waals surface area contributed by atoms with Crippen LogP contribution in [0.25, 0.3) is 0 Å². The number of thiophene rings is 1. The van der Waals surface area contributed by atoms with Crippen LogP contribution in [0.15, 0.2) is 12.1 Å². The van der Waals surface area contributed by atoms with Crippen LogP contribution in [0, 0.1) is 5.92 Å².